The zero-order valence-corrected chi connectivity index (χ0v) is 16.3. The van der Waals surface area contributed by atoms with E-state index in [1.807, 2.05) is 42.5 Å². The number of ether oxygens (including phenoxy) is 1. The topological polar surface area (TPSA) is 66.4 Å². The molecule has 0 atom stereocenters. The van der Waals surface area contributed by atoms with Crippen LogP contribution in [0, 0.1) is 0 Å². The van der Waals surface area contributed by atoms with E-state index in [1.54, 1.807) is 13.3 Å². The zero-order chi connectivity index (χ0) is 19.3. The number of aromatic nitrogens is 3. The molecule has 1 aliphatic heterocycles. The largest absolute Gasteiger partial charge is 0.495 e. The Kier molecular flexibility index (Phi) is 5.43. The molecular formula is C20H21ClN6O. The number of benzene rings is 2. The van der Waals surface area contributed by atoms with Crippen molar-refractivity contribution in [2.24, 2.45) is 0 Å². The first kappa shape index (κ1) is 18.3. The highest BCUT2D eigenvalue weighted by molar-refractivity contribution is 6.30. The quantitative estimate of drug-likeness (QED) is 0.706. The molecule has 0 unspecified atom stereocenters. The van der Waals surface area contributed by atoms with Gasteiger partial charge in [0.25, 0.3) is 0 Å². The van der Waals surface area contributed by atoms with Gasteiger partial charge in [-0.2, -0.15) is 10.1 Å². The van der Waals surface area contributed by atoms with Crippen molar-refractivity contribution in [3.05, 3.63) is 59.8 Å². The molecule has 4 rings (SSSR count). The molecule has 0 saturated carbocycles. The molecule has 2 aromatic carbocycles. The van der Waals surface area contributed by atoms with Gasteiger partial charge >= 0.3 is 0 Å². The summed E-state index contributed by atoms with van der Waals surface area (Å²) in [5, 5.41) is 12.2. The number of para-hydroxylation sites is 2. The molecular weight excluding hydrogens is 376 g/mol. The van der Waals surface area contributed by atoms with Gasteiger partial charge in [0.15, 0.2) is 5.82 Å². The van der Waals surface area contributed by atoms with Gasteiger partial charge in [0.1, 0.15) is 5.75 Å². The minimum atomic E-state index is 0.617. The van der Waals surface area contributed by atoms with Crippen LogP contribution in [0.5, 0.6) is 5.75 Å². The van der Waals surface area contributed by atoms with Gasteiger partial charge in [-0.25, -0.2) is 0 Å². The molecule has 7 nitrogen and oxygen atoms in total. The van der Waals surface area contributed by atoms with Crippen molar-refractivity contribution in [3.63, 3.8) is 0 Å². The fourth-order valence-corrected chi connectivity index (χ4v) is 3.43. The SMILES string of the molecule is COc1ccccc1N1CCN(c2nncc(Nc3cccc(Cl)c3)n2)CC1. The van der Waals surface area contributed by atoms with Crippen molar-refractivity contribution in [2.45, 2.75) is 0 Å². The van der Waals surface area contributed by atoms with E-state index >= 15 is 0 Å². The summed E-state index contributed by atoms with van der Waals surface area (Å²) >= 11 is 6.04. The van der Waals surface area contributed by atoms with E-state index in [2.05, 4.69) is 36.4 Å². The molecule has 0 spiro atoms. The summed E-state index contributed by atoms with van der Waals surface area (Å²) < 4.78 is 5.48. The number of piperazine rings is 1. The fourth-order valence-electron chi connectivity index (χ4n) is 3.24. The van der Waals surface area contributed by atoms with E-state index in [1.165, 1.54) is 0 Å². The van der Waals surface area contributed by atoms with E-state index in [0.717, 1.165) is 43.3 Å². The van der Waals surface area contributed by atoms with Gasteiger partial charge in [-0.1, -0.05) is 29.8 Å². The third-order valence-electron chi connectivity index (χ3n) is 4.63. The average molecular weight is 397 g/mol. The summed E-state index contributed by atoms with van der Waals surface area (Å²) in [4.78, 5) is 9.07. The summed E-state index contributed by atoms with van der Waals surface area (Å²) in [6, 6.07) is 15.6. The second-order valence-corrected chi connectivity index (χ2v) is 6.86. The van der Waals surface area contributed by atoms with Crippen molar-refractivity contribution < 1.29 is 4.74 Å². The molecule has 1 saturated heterocycles. The highest BCUT2D eigenvalue weighted by atomic mass is 35.5. The van der Waals surface area contributed by atoms with Gasteiger partial charge in [0.2, 0.25) is 5.95 Å². The van der Waals surface area contributed by atoms with Crippen LogP contribution >= 0.6 is 11.6 Å². The highest BCUT2D eigenvalue weighted by Crippen LogP contribution is 2.29. The van der Waals surface area contributed by atoms with Crippen LogP contribution in [0.4, 0.5) is 23.1 Å². The average Bonchev–Trinajstić information content (AvgIpc) is 2.74. The lowest BCUT2D eigenvalue weighted by Crippen LogP contribution is -2.47. The molecule has 144 valence electrons. The smallest absolute Gasteiger partial charge is 0.247 e. The maximum atomic E-state index is 6.04. The summed E-state index contributed by atoms with van der Waals surface area (Å²) in [5.41, 5.74) is 1.97. The number of hydrogen-bond acceptors (Lipinski definition) is 7. The summed E-state index contributed by atoms with van der Waals surface area (Å²) in [6.45, 7) is 3.33. The molecule has 0 aliphatic carbocycles. The van der Waals surface area contributed by atoms with Crippen LogP contribution in [0.15, 0.2) is 54.7 Å². The Bertz CT molecular complexity index is 945. The molecule has 0 amide bonds. The first-order valence-corrected chi connectivity index (χ1v) is 9.46. The number of halogens is 1. The van der Waals surface area contributed by atoms with Crippen molar-refractivity contribution in [1.29, 1.82) is 0 Å². The van der Waals surface area contributed by atoms with Crippen molar-refractivity contribution in [1.82, 2.24) is 15.2 Å². The van der Waals surface area contributed by atoms with Crippen LogP contribution in [0.2, 0.25) is 5.02 Å². The lowest BCUT2D eigenvalue weighted by atomic mass is 10.2. The Balaban J connectivity index is 1.43. The third-order valence-corrected chi connectivity index (χ3v) is 4.87. The third kappa shape index (κ3) is 4.09. The molecule has 0 radical (unpaired) electrons. The van der Waals surface area contributed by atoms with E-state index in [-0.39, 0.29) is 0 Å². The Morgan fingerprint density at radius 2 is 1.79 bits per heavy atom. The number of nitrogens with zero attached hydrogens (tertiary/aromatic N) is 5. The van der Waals surface area contributed by atoms with Crippen LogP contribution in [0.25, 0.3) is 0 Å². The summed E-state index contributed by atoms with van der Waals surface area (Å²) in [6.07, 6.45) is 1.61. The van der Waals surface area contributed by atoms with Crippen molar-refractivity contribution in [3.8, 4) is 5.75 Å². The molecule has 1 N–H and O–H groups in total. The number of nitrogens with one attached hydrogen (secondary N) is 1. The predicted molar refractivity (Wildman–Crippen MR) is 112 cm³/mol. The predicted octanol–water partition coefficient (Wildman–Crippen LogP) is 3.60. The Hall–Kier alpha value is -3.06. The molecule has 1 aromatic heterocycles. The monoisotopic (exact) mass is 396 g/mol. The first-order valence-electron chi connectivity index (χ1n) is 9.08. The van der Waals surface area contributed by atoms with Gasteiger partial charge in [0.05, 0.1) is 19.0 Å². The van der Waals surface area contributed by atoms with Crippen LogP contribution in [0.3, 0.4) is 0 Å². The molecule has 28 heavy (non-hydrogen) atoms. The van der Waals surface area contributed by atoms with E-state index in [4.69, 9.17) is 16.3 Å². The molecule has 1 aliphatic rings. The van der Waals surface area contributed by atoms with E-state index < -0.39 is 0 Å². The highest BCUT2D eigenvalue weighted by Gasteiger charge is 2.21. The maximum absolute atomic E-state index is 6.04. The Morgan fingerprint density at radius 1 is 1.00 bits per heavy atom. The molecule has 1 fully saturated rings. The Morgan fingerprint density at radius 3 is 2.57 bits per heavy atom. The van der Waals surface area contributed by atoms with Crippen LogP contribution in [-0.2, 0) is 0 Å². The fraction of sp³-hybridized carbons (Fsp3) is 0.250. The minimum Gasteiger partial charge on any atom is -0.495 e. The standard InChI is InChI=1S/C20H21ClN6O/c1-28-18-8-3-2-7-17(18)26-9-11-27(12-10-26)20-24-19(14-22-25-20)23-16-6-4-5-15(21)13-16/h2-8,13-14H,9-12H2,1H3,(H,23,24,25). The lowest BCUT2D eigenvalue weighted by Gasteiger charge is -2.36. The van der Waals surface area contributed by atoms with Gasteiger partial charge in [-0.3, -0.25) is 0 Å². The number of hydrogen-bond donors (Lipinski definition) is 1. The first-order chi connectivity index (χ1) is 13.7. The van der Waals surface area contributed by atoms with Gasteiger partial charge in [-0.05, 0) is 30.3 Å². The summed E-state index contributed by atoms with van der Waals surface area (Å²) in [7, 11) is 1.70. The number of anilines is 4. The van der Waals surface area contributed by atoms with Gasteiger partial charge < -0.3 is 19.9 Å². The second-order valence-electron chi connectivity index (χ2n) is 6.42. The minimum absolute atomic E-state index is 0.617. The second kappa shape index (κ2) is 8.31. The van der Waals surface area contributed by atoms with Crippen molar-refractivity contribution in [2.75, 3.05) is 48.4 Å². The molecule has 0 bridgehead atoms. The van der Waals surface area contributed by atoms with Crippen LogP contribution in [-0.4, -0.2) is 48.5 Å². The Labute approximate surface area is 168 Å². The molecule has 8 heteroatoms. The van der Waals surface area contributed by atoms with Crippen molar-refractivity contribution >= 4 is 34.7 Å². The molecule has 2 heterocycles. The van der Waals surface area contributed by atoms with Gasteiger partial charge in [0, 0.05) is 36.9 Å². The van der Waals surface area contributed by atoms with E-state index in [9.17, 15) is 0 Å². The zero-order valence-electron chi connectivity index (χ0n) is 15.5. The van der Waals surface area contributed by atoms with Gasteiger partial charge in [-0.15, -0.1) is 5.10 Å². The number of rotatable bonds is 5. The van der Waals surface area contributed by atoms with Crippen LogP contribution in [0.1, 0.15) is 0 Å². The summed E-state index contributed by atoms with van der Waals surface area (Å²) in [5.74, 6) is 2.15. The molecule has 3 aromatic rings. The van der Waals surface area contributed by atoms with Crippen LogP contribution < -0.4 is 19.9 Å². The normalized spacial score (nSPS) is 14.1. The number of methoxy groups -OCH3 is 1. The lowest BCUT2D eigenvalue weighted by molar-refractivity contribution is 0.413. The maximum Gasteiger partial charge on any atom is 0.247 e. The van der Waals surface area contributed by atoms with E-state index in [0.29, 0.717) is 16.8 Å².